The number of nitro groups is 1. The molecule has 0 saturated heterocycles. The van der Waals surface area contributed by atoms with Gasteiger partial charge in [0.25, 0.3) is 11.4 Å². The average Bonchev–Trinajstić information content (AvgIpc) is 3.36. The molecule has 0 saturated carbocycles. The number of hydrogen-bond donors (Lipinski definition) is 0. The maximum Gasteiger partial charge on any atom is 0.315 e. The summed E-state index contributed by atoms with van der Waals surface area (Å²) in [5, 5.41) is 45.7. The van der Waals surface area contributed by atoms with Crippen molar-refractivity contribution in [3.63, 3.8) is 0 Å². The fourth-order valence-corrected chi connectivity index (χ4v) is 6.06. The third-order valence-corrected chi connectivity index (χ3v) is 6.99. The maximum atomic E-state index is 13.0. The highest BCUT2D eigenvalue weighted by molar-refractivity contribution is 5.70. The quantitative estimate of drug-likeness (QED) is 0.257. The van der Waals surface area contributed by atoms with Gasteiger partial charge in [0, 0.05) is 16.0 Å². The van der Waals surface area contributed by atoms with E-state index in [1.807, 2.05) is 48.5 Å². The normalized spacial score (nSPS) is 26.4. The lowest BCUT2D eigenvalue weighted by molar-refractivity contribution is -0.811. The van der Waals surface area contributed by atoms with Crippen LogP contribution in [-0.2, 0) is 5.54 Å². The zero-order valence-electron chi connectivity index (χ0n) is 15.5. The molecule has 11 nitrogen and oxygen atoms in total. The molecule has 2 aromatic carbocycles. The standard InChI is InChI=1S/C20H11N5O6/c26-23-17-15-13-9-5-1-3-7-11(9)14(12-8-4-2-6-10(12)13)20(15,25(28)29)19-18(16(17)21-30-23)24(27)31-22-19/h1-8,13-15H/t13?,14?,15-,20+/m0/s1. The summed E-state index contributed by atoms with van der Waals surface area (Å²) in [5.74, 6) is -2.32. The Hall–Kier alpha value is -4.28. The predicted molar refractivity (Wildman–Crippen MR) is 97.9 cm³/mol. The topological polar surface area (TPSA) is 149 Å². The molecule has 4 aliphatic rings. The summed E-state index contributed by atoms with van der Waals surface area (Å²) in [7, 11) is 0. The molecule has 152 valence electrons. The van der Waals surface area contributed by atoms with Crippen LogP contribution in [-0.4, -0.2) is 15.2 Å². The number of hydrogen-bond acceptors (Lipinski definition) is 8. The van der Waals surface area contributed by atoms with Gasteiger partial charge in [-0.25, -0.2) is 0 Å². The summed E-state index contributed by atoms with van der Waals surface area (Å²) in [4.78, 5) is 12.8. The zero-order chi connectivity index (χ0) is 21.1. The van der Waals surface area contributed by atoms with Gasteiger partial charge < -0.3 is 10.4 Å². The van der Waals surface area contributed by atoms with Crippen LogP contribution in [0.15, 0.2) is 57.8 Å². The lowest BCUT2D eigenvalue weighted by Gasteiger charge is -2.50. The van der Waals surface area contributed by atoms with Crippen molar-refractivity contribution in [2.24, 2.45) is 0 Å². The Balaban J connectivity index is 1.73. The summed E-state index contributed by atoms with van der Waals surface area (Å²) in [5.41, 5.74) is 0.840. The number of benzene rings is 2. The van der Waals surface area contributed by atoms with Crippen molar-refractivity contribution >= 4 is 0 Å². The second-order valence-electron chi connectivity index (χ2n) is 8.02. The Morgan fingerprint density at radius 2 is 1.48 bits per heavy atom. The third-order valence-electron chi connectivity index (χ3n) is 6.99. The molecule has 8 rings (SSSR count). The van der Waals surface area contributed by atoms with Crippen LogP contribution in [0.2, 0.25) is 0 Å². The van der Waals surface area contributed by atoms with E-state index >= 15 is 0 Å². The van der Waals surface area contributed by atoms with Crippen molar-refractivity contribution in [3.05, 3.63) is 103 Å². The molecule has 0 amide bonds. The van der Waals surface area contributed by atoms with E-state index in [4.69, 9.17) is 9.26 Å². The first kappa shape index (κ1) is 16.5. The number of rotatable bonds is 1. The van der Waals surface area contributed by atoms with E-state index in [0.29, 0.717) is 0 Å². The highest BCUT2D eigenvalue weighted by Crippen LogP contribution is 2.69. The molecule has 11 heteroatoms. The van der Waals surface area contributed by atoms with Crippen LogP contribution in [0.5, 0.6) is 0 Å². The van der Waals surface area contributed by atoms with Crippen LogP contribution >= 0.6 is 0 Å². The Morgan fingerprint density at radius 1 is 0.903 bits per heavy atom. The summed E-state index contributed by atoms with van der Waals surface area (Å²) < 4.78 is 9.63. The molecule has 4 aromatic rings. The van der Waals surface area contributed by atoms with Crippen molar-refractivity contribution < 1.29 is 24.0 Å². The molecule has 2 bridgehead atoms. The van der Waals surface area contributed by atoms with Gasteiger partial charge in [0.1, 0.15) is 5.92 Å². The average molecular weight is 417 g/mol. The van der Waals surface area contributed by atoms with E-state index in [-0.39, 0.29) is 32.6 Å². The summed E-state index contributed by atoms with van der Waals surface area (Å²) in [6.45, 7) is 0. The van der Waals surface area contributed by atoms with Gasteiger partial charge in [-0.2, -0.15) is 0 Å². The van der Waals surface area contributed by atoms with Crippen molar-refractivity contribution in [3.8, 4) is 11.4 Å². The maximum absolute atomic E-state index is 13.0. The van der Waals surface area contributed by atoms with E-state index < -0.39 is 28.2 Å². The highest BCUT2D eigenvalue weighted by Gasteiger charge is 2.78. The SMILES string of the molecule is O=[N+]([O-])[C@@]12c3no[n+]([O-])c3-c3no[n+]([O-])c3[C@@H]1C1c3ccccc3C2c2ccccc21. The molecule has 0 unspecified atom stereocenters. The minimum absolute atomic E-state index is 0.0538. The fourth-order valence-electron chi connectivity index (χ4n) is 6.06. The Kier molecular flexibility index (Phi) is 2.70. The van der Waals surface area contributed by atoms with E-state index in [0.717, 1.165) is 22.3 Å². The van der Waals surface area contributed by atoms with Gasteiger partial charge in [0.15, 0.2) is 0 Å². The molecule has 2 atom stereocenters. The molecular weight excluding hydrogens is 406 g/mol. The third kappa shape index (κ3) is 1.58. The van der Waals surface area contributed by atoms with Crippen molar-refractivity contribution in [2.45, 2.75) is 23.3 Å². The van der Waals surface area contributed by atoms with Gasteiger partial charge in [-0.15, -0.1) is 0 Å². The van der Waals surface area contributed by atoms with Crippen LogP contribution < -0.4 is 9.81 Å². The second kappa shape index (κ2) is 5.06. The molecule has 0 aliphatic heterocycles. The van der Waals surface area contributed by atoms with Crippen LogP contribution in [0.25, 0.3) is 11.4 Å². The minimum Gasteiger partial charge on any atom is -0.359 e. The smallest absolute Gasteiger partial charge is 0.315 e. The molecule has 0 N–H and O–H groups in total. The second-order valence-corrected chi connectivity index (χ2v) is 8.02. The fraction of sp³-hybridized carbons (Fsp3) is 0.200. The van der Waals surface area contributed by atoms with Gasteiger partial charge >= 0.3 is 11.2 Å². The number of fused-ring (bicyclic) bond motifs is 3. The van der Waals surface area contributed by atoms with E-state index in [1.54, 1.807) is 0 Å². The molecule has 4 aliphatic carbocycles. The Labute approximate surface area is 172 Å². The van der Waals surface area contributed by atoms with Gasteiger partial charge in [0.05, 0.1) is 11.1 Å². The van der Waals surface area contributed by atoms with Gasteiger partial charge in [-0.05, 0) is 32.1 Å². The summed E-state index contributed by atoms with van der Waals surface area (Å²) >= 11 is 0. The first-order chi connectivity index (χ1) is 15.1. The van der Waals surface area contributed by atoms with Crippen molar-refractivity contribution in [1.82, 2.24) is 10.3 Å². The molecule has 2 aromatic heterocycles. The molecule has 31 heavy (non-hydrogen) atoms. The van der Waals surface area contributed by atoms with E-state index in [9.17, 15) is 20.5 Å². The first-order valence-electron chi connectivity index (χ1n) is 9.59. The molecule has 2 heterocycles. The minimum atomic E-state index is -1.94. The summed E-state index contributed by atoms with van der Waals surface area (Å²) in [6.07, 6.45) is 0. The Morgan fingerprint density at radius 3 is 2.10 bits per heavy atom. The van der Waals surface area contributed by atoms with Crippen LogP contribution in [0.1, 0.15) is 51.4 Å². The largest absolute Gasteiger partial charge is 0.359 e. The summed E-state index contributed by atoms with van der Waals surface area (Å²) in [6, 6.07) is 14.9. The zero-order valence-corrected chi connectivity index (χ0v) is 15.5. The number of nitrogens with zero attached hydrogens (tertiary/aromatic N) is 5. The molecular formula is C20H11N5O6. The lowest BCUT2D eigenvalue weighted by Crippen LogP contribution is -2.59. The van der Waals surface area contributed by atoms with Gasteiger partial charge in [-0.1, -0.05) is 48.5 Å². The lowest BCUT2D eigenvalue weighted by atomic mass is 9.47. The van der Waals surface area contributed by atoms with Gasteiger partial charge in [-0.3, -0.25) is 19.4 Å². The van der Waals surface area contributed by atoms with Crippen LogP contribution in [0, 0.1) is 20.5 Å². The van der Waals surface area contributed by atoms with Gasteiger partial charge in [0.2, 0.25) is 5.69 Å². The van der Waals surface area contributed by atoms with Crippen LogP contribution in [0.4, 0.5) is 0 Å². The molecule has 0 spiro atoms. The van der Waals surface area contributed by atoms with Crippen molar-refractivity contribution in [2.75, 3.05) is 0 Å². The Bertz CT molecular complexity index is 1400. The van der Waals surface area contributed by atoms with Crippen molar-refractivity contribution in [1.29, 1.82) is 0 Å². The monoisotopic (exact) mass is 417 g/mol. The predicted octanol–water partition coefficient (Wildman–Crippen LogP) is 1.46. The van der Waals surface area contributed by atoms with E-state index in [2.05, 4.69) is 10.3 Å². The van der Waals surface area contributed by atoms with E-state index in [1.165, 1.54) is 0 Å². The first-order valence-corrected chi connectivity index (χ1v) is 9.59. The molecule has 0 radical (unpaired) electrons. The van der Waals surface area contributed by atoms with Crippen LogP contribution in [0.3, 0.4) is 0 Å². The number of aromatic nitrogens is 4. The highest BCUT2D eigenvalue weighted by atomic mass is 16.8. The molecule has 0 fully saturated rings.